The van der Waals surface area contributed by atoms with Crippen molar-refractivity contribution in [1.29, 1.82) is 0 Å². The first kappa shape index (κ1) is 20.2. The molecule has 0 radical (unpaired) electrons. The van der Waals surface area contributed by atoms with E-state index in [2.05, 4.69) is 10.6 Å². The molecule has 1 heterocycles. The summed E-state index contributed by atoms with van der Waals surface area (Å²) in [5.41, 5.74) is 1.29. The molecule has 0 bridgehead atoms. The summed E-state index contributed by atoms with van der Waals surface area (Å²) in [5.74, 6) is 0.706. The van der Waals surface area contributed by atoms with Gasteiger partial charge in [-0.1, -0.05) is 35.3 Å². The topological polar surface area (TPSA) is 63.5 Å². The van der Waals surface area contributed by atoms with Gasteiger partial charge in [-0.05, 0) is 61.6 Å². The molecule has 0 fully saturated rings. The molecule has 2 N–H and O–H groups in total. The molecule has 0 aliphatic carbocycles. The van der Waals surface area contributed by atoms with Crippen molar-refractivity contribution in [1.82, 2.24) is 5.32 Å². The van der Waals surface area contributed by atoms with E-state index in [0.717, 1.165) is 0 Å². The van der Waals surface area contributed by atoms with Crippen molar-refractivity contribution in [2.24, 2.45) is 0 Å². The van der Waals surface area contributed by atoms with Crippen LogP contribution in [-0.4, -0.2) is 17.6 Å². The van der Waals surface area contributed by atoms with Crippen LogP contribution in [0.5, 0.6) is 5.75 Å². The molecule has 5 nitrogen and oxygen atoms in total. The fraction of sp³-hybridized carbons (Fsp3) is 0.100. The SMILES string of the molecule is CCOc1ccccc1NC(=S)NC(=O)c1ccc(-c2ccc(Cl)cc2Cl)o1. The standard InChI is InChI=1S/C20H16Cl2N2O3S/c1-2-26-17-6-4-3-5-15(17)23-20(28)24-19(25)18-10-9-16(27-18)13-8-7-12(21)11-14(13)22/h3-11H,2H2,1H3,(H2,23,24,25,28). The van der Waals surface area contributed by atoms with Crippen LogP contribution in [0.25, 0.3) is 11.3 Å². The largest absolute Gasteiger partial charge is 0.492 e. The second kappa shape index (κ2) is 9.10. The Morgan fingerprint density at radius 1 is 1.14 bits per heavy atom. The van der Waals surface area contributed by atoms with Crippen LogP contribution in [0.15, 0.2) is 59.0 Å². The van der Waals surface area contributed by atoms with Gasteiger partial charge in [-0.3, -0.25) is 10.1 Å². The molecule has 0 aliphatic rings. The van der Waals surface area contributed by atoms with Crippen molar-refractivity contribution in [2.45, 2.75) is 6.92 Å². The number of rotatable bonds is 5. The highest BCUT2D eigenvalue weighted by atomic mass is 35.5. The fourth-order valence-electron chi connectivity index (χ4n) is 2.46. The van der Waals surface area contributed by atoms with Crippen LogP contribution in [0.1, 0.15) is 17.5 Å². The Morgan fingerprint density at radius 2 is 1.93 bits per heavy atom. The number of carbonyl (C=O) groups excluding carboxylic acids is 1. The van der Waals surface area contributed by atoms with Crippen molar-refractivity contribution < 1.29 is 13.9 Å². The van der Waals surface area contributed by atoms with Crippen molar-refractivity contribution in [2.75, 3.05) is 11.9 Å². The maximum atomic E-state index is 12.4. The number of hydrogen-bond acceptors (Lipinski definition) is 4. The Balaban J connectivity index is 1.68. The Morgan fingerprint density at radius 3 is 2.68 bits per heavy atom. The van der Waals surface area contributed by atoms with E-state index in [4.69, 9.17) is 44.6 Å². The minimum Gasteiger partial charge on any atom is -0.492 e. The molecule has 0 unspecified atom stereocenters. The monoisotopic (exact) mass is 434 g/mol. The summed E-state index contributed by atoms with van der Waals surface area (Å²) in [4.78, 5) is 12.4. The van der Waals surface area contributed by atoms with Crippen LogP contribution in [0, 0.1) is 0 Å². The molecule has 0 spiro atoms. The summed E-state index contributed by atoms with van der Waals surface area (Å²) in [7, 11) is 0. The number of carbonyl (C=O) groups is 1. The van der Waals surface area contributed by atoms with Gasteiger partial charge in [0.1, 0.15) is 11.5 Å². The Hall–Kier alpha value is -2.54. The lowest BCUT2D eigenvalue weighted by atomic mass is 10.2. The van der Waals surface area contributed by atoms with E-state index in [0.29, 0.717) is 39.4 Å². The lowest BCUT2D eigenvalue weighted by Crippen LogP contribution is -2.34. The highest BCUT2D eigenvalue weighted by molar-refractivity contribution is 7.80. The Labute approximate surface area is 177 Å². The molecule has 28 heavy (non-hydrogen) atoms. The summed E-state index contributed by atoms with van der Waals surface area (Å²) in [5, 5.41) is 6.60. The summed E-state index contributed by atoms with van der Waals surface area (Å²) in [6, 6.07) is 15.5. The third-order valence-corrected chi connectivity index (χ3v) is 4.44. The third-order valence-electron chi connectivity index (χ3n) is 3.69. The van der Waals surface area contributed by atoms with Crippen molar-refractivity contribution in [3.63, 3.8) is 0 Å². The normalized spacial score (nSPS) is 10.4. The highest BCUT2D eigenvalue weighted by Gasteiger charge is 2.16. The van der Waals surface area contributed by atoms with Gasteiger partial charge in [-0.2, -0.15) is 0 Å². The number of nitrogens with one attached hydrogen (secondary N) is 2. The van der Waals surface area contributed by atoms with E-state index in [9.17, 15) is 4.79 Å². The number of hydrogen-bond donors (Lipinski definition) is 2. The number of halogens is 2. The molecule has 2 aromatic carbocycles. The van der Waals surface area contributed by atoms with Gasteiger partial charge in [-0.15, -0.1) is 0 Å². The molecule has 1 amide bonds. The van der Waals surface area contributed by atoms with E-state index in [1.165, 1.54) is 0 Å². The van der Waals surface area contributed by atoms with Gasteiger partial charge in [0.05, 0.1) is 17.3 Å². The minimum absolute atomic E-state index is 0.100. The predicted octanol–water partition coefficient (Wildman–Crippen LogP) is 5.78. The first-order chi connectivity index (χ1) is 13.5. The highest BCUT2D eigenvalue weighted by Crippen LogP contribution is 2.31. The van der Waals surface area contributed by atoms with Gasteiger partial charge in [-0.25, -0.2) is 0 Å². The first-order valence-electron chi connectivity index (χ1n) is 8.37. The third kappa shape index (κ3) is 4.84. The van der Waals surface area contributed by atoms with Gasteiger partial charge < -0.3 is 14.5 Å². The lowest BCUT2D eigenvalue weighted by molar-refractivity contribution is 0.0951. The van der Waals surface area contributed by atoms with Crippen molar-refractivity contribution >= 4 is 52.1 Å². The number of furan rings is 1. The molecule has 8 heteroatoms. The van der Waals surface area contributed by atoms with E-state index in [1.54, 1.807) is 36.4 Å². The number of amides is 1. The predicted molar refractivity (Wildman–Crippen MR) is 115 cm³/mol. The fourth-order valence-corrected chi connectivity index (χ4v) is 3.17. The quantitative estimate of drug-likeness (QED) is 0.498. The Kier molecular flexibility index (Phi) is 6.57. The molecule has 3 aromatic rings. The lowest BCUT2D eigenvalue weighted by Gasteiger charge is -2.13. The number of thiocarbonyl (C=S) groups is 1. The molecule has 0 atom stereocenters. The van der Waals surface area contributed by atoms with Gasteiger partial charge in [0, 0.05) is 10.6 Å². The number of ether oxygens (including phenoxy) is 1. The van der Waals surface area contributed by atoms with Crippen LogP contribution < -0.4 is 15.4 Å². The van der Waals surface area contributed by atoms with Crippen LogP contribution in [0.3, 0.4) is 0 Å². The number of para-hydroxylation sites is 2. The molecule has 1 aromatic heterocycles. The van der Waals surface area contributed by atoms with Gasteiger partial charge in [0.15, 0.2) is 10.9 Å². The maximum Gasteiger partial charge on any atom is 0.293 e. The average molecular weight is 435 g/mol. The summed E-state index contributed by atoms with van der Waals surface area (Å²) in [6.45, 7) is 2.40. The van der Waals surface area contributed by atoms with E-state index < -0.39 is 5.91 Å². The molecule has 0 aliphatic heterocycles. The molecule has 3 rings (SSSR count). The molecule has 0 saturated carbocycles. The molecule has 0 saturated heterocycles. The van der Waals surface area contributed by atoms with Crippen LogP contribution >= 0.6 is 35.4 Å². The van der Waals surface area contributed by atoms with Gasteiger partial charge in [0.2, 0.25) is 0 Å². The number of anilines is 1. The van der Waals surface area contributed by atoms with Crippen molar-refractivity contribution in [3.05, 3.63) is 70.4 Å². The van der Waals surface area contributed by atoms with Crippen LogP contribution in [0.2, 0.25) is 10.0 Å². The summed E-state index contributed by atoms with van der Waals surface area (Å²) < 4.78 is 11.1. The summed E-state index contributed by atoms with van der Waals surface area (Å²) >= 11 is 17.3. The van der Waals surface area contributed by atoms with E-state index in [1.807, 2.05) is 25.1 Å². The zero-order valence-electron chi connectivity index (χ0n) is 14.8. The molecular weight excluding hydrogens is 419 g/mol. The smallest absolute Gasteiger partial charge is 0.293 e. The Bertz CT molecular complexity index is 1020. The minimum atomic E-state index is -0.484. The van der Waals surface area contributed by atoms with E-state index in [-0.39, 0.29) is 10.9 Å². The number of benzene rings is 2. The van der Waals surface area contributed by atoms with Gasteiger partial charge >= 0.3 is 0 Å². The van der Waals surface area contributed by atoms with Gasteiger partial charge in [0.25, 0.3) is 5.91 Å². The maximum absolute atomic E-state index is 12.4. The van der Waals surface area contributed by atoms with Crippen molar-refractivity contribution in [3.8, 4) is 17.1 Å². The second-order valence-electron chi connectivity index (χ2n) is 5.63. The zero-order valence-corrected chi connectivity index (χ0v) is 17.1. The zero-order chi connectivity index (χ0) is 20.1. The first-order valence-corrected chi connectivity index (χ1v) is 9.53. The molecular formula is C20H16Cl2N2O3S. The van der Waals surface area contributed by atoms with Crippen LogP contribution in [0.4, 0.5) is 5.69 Å². The second-order valence-corrected chi connectivity index (χ2v) is 6.88. The molecule has 144 valence electrons. The summed E-state index contributed by atoms with van der Waals surface area (Å²) in [6.07, 6.45) is 0. The van der Waals surface area contributed by atoms with Crippen LogP contribution in [-0.2, 0) is 0 Å². The average Bonchev–Trinajstić information content (AvgIpc) is 3.13. The van der Waals surface area contributed by atoms with E-state index >= 15 is 0 Å².